The number of nitrogens with zero attached hydrogens (tertiary/aromatic N) is 1. The van der Waals surface area contributed by atoms with E-state index in [1.807, 2.05) is 0 Å². The fraction of sp³-hybridized carbons (Fsp3) is 0.294. The first kappa shape index (κ1) is 18.1. The Bertz CT molecular complexity index is 790. The summed E-state index contributed by atoms with van der Waals surface area (Å²) < 4.78 is 38.9. The second-order valence-electron chi connectivity index (χ2n) is 5.67. The van der Waals surface area contributed by atoms with Crippen LogP contribution in [0.15, 0.2) is 53.7 Å². The van der Waals surface area contributed by atoms with Crippen LogP contribution in [0.2, 0.25) is 0 Å². The number of carbonyl (C=O) groups is 1. The van der Waals surface area contributed by atoms with Crippen LogP contribution in [0.1, 0.15) is 24.7 Å². The minimum atomic E-state index is -3.81. The Kier molecular flexibility index (Phi) is 5.66. The van der Waals surface area contributed by atoms with Crippen LogP contribution < -0.4 is 5.32 Å². The Balaban J connectivity index is 2.38. The maximum absolute atomic E-state index is 13.1. The second-order valence-corrected chi connectivity index (χ2v) is 7.80. The van der Waals surface area contributed by atoms with E-state index in [1.165, 1.54) is 24.5 Å². The van der Waals surface area contributed by atoms with Crippen molar-refractivity contribution in [1.82, 2.24) is 10.3 Å². The fourth-order valence-corrected chi connectivity index (χ4v) is 3.80. The number of aromatic nitrogens is 1. The molecule has 0 saturated carbocycles. The van der Waals surface area contributed by atoms with Crippen LogP contribution in [0.4, 0.5) is 4.39 Å². The van der Waals surface area contributed by atoms with Crippen molar-refractivity contribution in [2.75, 3.05) is 6.54 Å². The van der Waals surface area contributed by atoms with E-state index in [0.29, 0.717) is 5.56 Å². The number of rotatable bonds is 6. The van der Waals surface area contributed by atoms with Gasteiger partial charge in [-0.3, -0.25) is 9.78 Å². The molecular formula is C17H19FN2O3S. The first-order valence-electron chi connectivity index (χ1n) is 7.49. The molecule has 1 N–H and O–H groups in total. The Morgan fingerprint density at radius 3 is 2.42 bits per heavy atom. The van der Waals surface area contributed by atoms with E-state index >= 15 is 0 Å². The van der Waals surface area contributed by atoms with Crippen LogP contribution in [-0.2, 0) is 14.6 Å². The lowest BCUT2D eigenvalue weighted by molar-refractivity contribution is -0.123. The molecule has 1 unspecified atom stereocenters. The van der Waals surface area contributed by atoms with Crippen molar-refractivity contribution < 1.29 is 17.6 Å². The van der Waals surface area contributed by atoms with Gasteiger partial charge in [0.2, 0.25) is 5.91 Å². The maximum atomic E-state index is 13.1. The molecule has 1 amide bonds. The molecule has 0 bridgehead atoms. The highest BCUT2D eigenvalue weighted by Crippen LogP contribution is 2.28. The highest BCUT2D eigenvalue weighted by molar-refractivity contribution is 7.91. The number of nitrogens with one attached hydrogen (secondary N) is 1. The zero-order chi connectivity index (χ0) is 17.7. The van der Waals surface area contributed by atoms with Gasteiger partial charge in [-0.05, 0) is 35.9 Å². The molecular weight excluding hydrogens is 331 g/mol. The minimum absolute atomic E-state index is 0.00320. The van der Waals surface area contributed by atoms with Gasteiger partial charge in [0.05, 0.1) is 4.90 Å². The zero-order valence-corrected chi connectivity index (χ0v) is 14.3. The van der Waals surface area contributed by atoms with Crippen LogP contribution in [0.25, 0.3) is 0 Å². The van der Waals surface area contributed by atoms with Gasteiger partial charge in [-0.25, -0.2) is 12.8 Å². The third-order valence-electron chi connectivity index (χ3n) is 3.56. The van der Waals surface area contributed by atoms with E-state index in [-0.39, 0.29) is 23.3 Å². The van der Waals surface area contributed by atoms with Crippen molar-refractivity contribution in [3.8, 4) is 0 Å². The molecule has 0 fully saturated rings. The summed E-state index contributed by atoms with van der Waals surface area (Å²) >= 11 is 0. The Hall–Kier alpha value is -2.28. The largest absolute Gasteiger partial charge is 0.354 e. The molecule has 0 aliphatic heterocycles. The molecule has 5 nitrogen and oxygen atoms in total. The lowest BCUT2D eigenvalue weighted by atomic mass is 10.2. The summed E-state index contributed by atoms with van der Waals surface area (Å²) in [6, 6.07) is 7.91. The SMILES string of the molecule is CC(C)C(=O)NCC(c1cccnc1)S(=O)(=O)c1ccc(F)cc1. The molecule has 0 radical (unpaired) electrons. The molecule has 0 spiro atoms. The summed E-state index contributed by atoms with van der Waals surface area (Å²) in [7, 11) is -3.81. The van der Waals surface area contributed by atoms with Crippen molar-refractivity contribution in [3.63, 3.8) is 0 Å². The molecule has 1 aromatic carbocycles. The van der Waals surface area contributed by atoms with Crippen molar-refractivity contribution in [2.45, 2.75) is 24.0 Å². The molecule has 24 heavy (non-hydrogen) atoms. The summed E-state index contributed by atoms with van der Waals surface area (Å²) in [5, 5.41) is 1.65. The lowest BCUT2D eigenvalue weighted by Crippen LogP contribution is -2.34. The summed E-state index contributed by atoms with van der Waals surface area (Å²) in [6.45, 7) is 3.37. The Morgan fingerprint density at radius 1 is 1.21 bits per heavy atom. The second kappa shape index (κ2) is 7.53. The number of pyridine rings is 1. The first-order valence-corrected chi connectivity index (χ1v) is 9.04. The molecule has 7 heteroatoms. The molecule has 2 aromatic rings. The summed E-state index contributed by atoms with van der Waals surface area (Å²) in [6.07, 6.45) is 2.99. The van der Waals surface area contributed by atoms with Crippen molar-refractivity contribution in [2.24, 2.45) is 5.92 Å². The number of sulfone groups is 1. The molecule has 0 aliphatic carbocycles. The average Bonchev–Trinajstić information content (AvgIpc) is 2.56. The Labute approximate surface area is 140 Å². The van der Waals surface area contributed by atoms with Gasteiger partial charge in [0.15, 0.2) is 9.84 Å². The van der Waals surface area contributed by atoms with Crippen LogP contribution in [0.5, 0.6) is 0 Å². The quantitative estimate of drug-likeness (QED) is 0.812. The molecule has 1 aromatic heterocycles. The highest BCUT2D eigenvalue weighted by atomic mass is 32.2. The van der Waals surface area contributed by atoms with Gasteiger partial charge >= 0.3 is 0 Å². The average molecular weight is 350 g/mol. The van der Waals surface area contributed by atoms with Crippen LogP contribution in [0, 0.1) is 11.7 Å². The predicted octanol–water partition coefficient (Wildman–Crippen LogP) is 2.51. The van der Waals surface area contributed by atoms with E-state index < -0.39 is 20.9 Å². The lowest BCUT2D eigenvalue weighted by Gasteiger charge is -2.19. The summed E-state index contributed by atoms with van der Waals surface area (Å²) in [5.41, 5.74) is 0.464. The number of benzene rings is 1. The van der Waals surface area contributed by atoms with E-state index in [4.69, 9.17) is 0 Å². The number of halogens is 1. The van der Waals surface area contributed by atoms with Gasteiger partial charge in [-0.1, -0.05) is 19.9 Å². The van der Waals surface area contributed by atoms with Crippen molar-refractivity contribution in [3.05, 3.63) is 60.2 Å². The van der Waals surface area contributed by atoms with Gasteiger partial charge in [0.25, 0.3) is 0 Å². The normalized spacial score (nSPS) is 12.8. The van der Waals surface area contributed by atoms with E-state index in [9.17, 15) is 17.6 Å². The van der Waals surface area contributed by atoms with Gasteiger partial charge in [0.1, 0.15) is 11.1 Å². The number of amides is 1. The Morgan fingerprint density at radius 2 is 1.88 bits per heavy atom. The van der Waals surface area contributed by atoms with Crippen molar-refractivity contribution >= 4 is 15.7 Å². The fourth-order valence-electron chi connectivity index (χ4n) is 2.16. The molecule has 1 atom stereocenters. The topological polar surface area (TPSA) is 76.1 Å². The first-order chi connectivity index (χ1) is 11.3. The molecule has 2 rings (SSSR count). The minimum Gasteiger partial charge on any atom is -0.354 e. The number of carbonyl (C=O) groups excluding carboxylic acids is 1. The van der Waals surface area contributed by atoms with Gasteiger partial charge in [-0.15, -0.1) is 0 Å². The van der Waals surface area contributed by atoms with E-state index in [1.54, 1.807) is 26.0 Å². The van der Waals surface area contributed by atoms with E-state index in [0.717, 1.165) is 12.1 Å². The zero-order valence-electron chi connectivity index (χ0n) is 13.4. The number of hydrogen-bond acceptors (Lipinski definition) is 4. The molecule has 0 aliphatic rings. The predicted molar refractivity (Wildman–Crippen MR) is 88.4 cm³/mol. The monoisotopic (exact) mass is 350 g/mol. The van der Waals surface area contributed by atoms with Crippen LogP contribution in [-0.4, -0.2) is 25.9 Å². The van der Waals surface area contributed by atoms with Crippen LogP contribution in [0.3, 0.4) is 0 Å². The van der Waals surface area contributed by atoms with Gasteiger partial charge in [0, 0.05) is 24.9 Å². The smallest absolute Gasteiger partial charge is 0.222 e. The van der Waals surface area contributed by atoms with Gasteiger partial charge in [-0.2, -0.15) is 0 Å². The van der Waals surface area contributed by atoms with Crippen LogP contribution >= 0.6 is 0 Å². The third kappa shape index (κ3) is 4.17. The number of hydrogen-bond donors (Lipinski definition) is 1. The maximum Gasteiger partial charge on any atom is 0.222 e. The van der Waals surface area contributed by atoms with Crippen molar-refractivity contribution in [1.29, 1.82) is 0 Å². The van der Waals surface area contributed by atoms with E-state index in [2.05, 4.69) is 10.3 Å². The molecule has 1 heterocycles. The summed E-state index contributed by atoms with van der Waals surface area (Å²) in [4.78, 5) is 15.8. The summed E-state index contributed by atoms with van der Waals surface area (Å²) in [5.74, 6) is -1.01. The highest BCUT2D eigenvalue weighted by Gasteiger charge is 2.30. The van der Waals surface area contributed by atoms with Gasteiger partial charge < -0.3 is 5.32 Å². The molecule has 0 saturated heterocycles. The molecule has 128 valence electrons. The standard InChI is InChI=1S/C17H19FN2O3S/c1-12(2)17(21)20-11-16(13-4-3-9-19-10-13)24(22,23)15-7-5-14(18)6-8-15/h3-10,12,16H,11H2,1-2H3,(H,20,21). The third-order valence-corrected chi connectivity index (χ3v) is 5.68.